The number of ether oxygens (including phenoxy) is 1. The highest BCUT2D eigenvalue weighted by atomic mass is 32.2. The van der Waals surface area contributed by atoms with Gasteiger partial charge >= 0.3 is 0 Å². The van der Waals surface area contributed by atoms with E-state index in [1.165, 1.54) is 11.9 Å². The highest BCUT2D eigenvalue weighted by Crippen LogP contribution is 2.23. The largest absolute Gasteiger partial charge is 0.497 e. The molecule has 0 radical (unpaired) electrons. The molecule has 1 atom stereocenters. The maximum absolute atomic E-state index is 13.3. The molecule has 2 amide bonds. The first-order valence-corrected chi connectivity index (χ1v) is 11.6. The molecule has 0 aliphatic heterocycles. The van der Waals surface area contributed by atoms with Crippen LogP contribution in [0.25, 0.3) is 0 Å². The topological polar surface area (TPSA) is 96.0 Å². The van der Waals surface area contributed by atoms with Crippen LogP contribution in [0.2, 0.25) is 0 Å². The van der Waals surface area contributed by atoms with Crippen molar-refractivity contribution in [3.63, 3.8) is 0 Å². The number of hydrogen-bond acceptors (Lipinski definition) is 5. The van der Waals surface area contributed by atoms with Crippen LogP contribution in [0.4, 0.5) is 5.69 Å². The van der Waals surface area contributed by atoms with E-state index in [4.69, 9.17) is 4.74 Å². The van der Waals surface area contributed by atoms with E-state index in [0.29, 0.717) is 11.4 Å². The van der Waals surface area contributed by atoms with Crippen molar-refractivity contribution in [2.45, 2.75) is 26.4 Å². The molecular weight excluding hydrogens is 418 g/mol. The average molecular weight is 448 g/mol. The van der Waals surface area contributed by atoms with Crippen LogP contribution in [0.3, 0.4) is 0 Å². The van der Waals surface area contributed by atoms with E-state index in [2.05, 4.69) is 5.32 Å². The first kappa shape index (κ1) is 24.2. The molecule has 0 bridgehead atoms. The maximum Gasteiger partial charge on any atom is 0.244 e. The minimum atomic E-state index is -3.73. The zero-order valence-corrected chi connectivity index (χ0v) is 19.3. The Balaban J connectivity index is 2.37. The van der Waals surface area contributed by atoms with Crippen molar-refractivity contribution >= 4 is 27.5 Å². The Hall–Kier alpha value is -3.07. The molecule has 2 aromatic carbocycles. The Morgan fingerprint density at radius 1 is 1.10 bits per heavy atom. The summed E-state index contributed by atoms with van der Waals surface area (Å²) in [6.07, 6.45) is 1.06. The van der Waals surface area contributed by atoms with Gasteiger partial charge in [0, 0.05) is 13.6 Å². The fourth-order valence-electron chi connectivity index (χ4n) is 3.16. The van der Waals surface area contributed by atoms with E-state index in [9.17, 15) is 18.0 Å². The minimum absolute atomic E-state index is 0.142. The number of sulfonamides is 1. The number of benzene rings is 2. The van der Waals surface area contributed by atoms with Gasteiger partial charge in [-0.3, -0.25) is 13.9 Å². The lowest BCUT2D eigenvalue weighted by atomic mass is 10.1. The number of anilines is 1. The number of nitrogens with one attached hydrogen (secondary N) is 1. The minimum Gasteiger partial charge on any atom is -0.497 e. The molecule has 8 nitrogen and oxygen atoms in total. The smallest absolute Gasteiger partial charge is 0.244 e. The van der Waals surface area contributed by atoms with E-state index in [-0.39, 0.29) is 12.5 Å². The molecule has 168 valence electrons. The van der Waals surface area contributed by atoms with Gasteiger partial charge < -0.3 is 15.0 Å². The molecule has 0 aromatic heterocycles. The second-order valence-electron chi connectivity index (χ2n) is 7.22. The molecular formula is C22H29N3O5S. The molecule has 0 spiro atoms. The molecule has 0 heterocycles. The van der Waals surface area contributed by atoms with Crippen molar-refractivity contribution in [2.24, 2.45) is 0 Å². The molecule has 0 saturated heterocycles. The molecule has 2 aromatic rings. The zero-order valence-electron chi connectivity index (χ0n) is 18.5. The lowest BCUT2D eigenvalue weighted by molar-refractivity contribution is -0.139. The molecule has 2 rings (SSSR count). The van der Waals surface area contributed by atoms with Crippen LogP contribution in [0.15, 0.2) is 48.5 Å². The molecule has 31 heavy (non-hydrogen) atoms. The highest BCUT2D eigenvalue weighted by Gasteiger charge is 2.30. The SMILES string of the molecule is CNC(=O)[C@H](C)N(Cc1ccc(OC)cc1)C(=O)CN(c1ccccc1C)S(C)(=O)=O. The first-order valence-electron chi connectivity index (χ1n) is 9.75. The normalized spacial score (nSPS) is 12.0. The monoisotopic (exact) mass is 447 g/mol. The number of amides is 2. The van der Waals surface area contributed by atoms with Crippen LogP contribution in [-0.4, -0.2) is 58.1 Å². The summed E-state index contributed by atoms with van der Waals surface area (Å²) in [5.41, 5.74) is 1.93. The van der Waals surface area contributed by atoms with E-state index in [0.717, 1.165) is 21.7 Å². The molecule has 0 aliphatic carbocycles. The van der Waals surface area contributed by atoms with Crippen molar-refractivity contribution in [1.82, 2.24) is 10.2 Å². The fraction of sp³-hybridized carbons (Fsp3) is 0.364. The van der Waals surface area contributed by atoms with Gasteiger partial charge in [0.25, 0.3) is 0 Å². The number of nitrogens with zero attached hydrogens (tertiary/aromatic N) is 2. The zero-order chi connectivity index (χ0) is 23.2. The Kier molecular flexibility index (Phi) is 8.04. The number of para-hydroxylation sites is 1. The highest BCUT2D eigenvalue weighted by molar-refractivity contribution is 7.92. The standard InChI is InChI=1S/C22H29N3O5S/c1-16-8-6-7-9-20(16)25(31(5,28)29)15-21(26)24(17(2)22(27)23-3)14-18-10-12-19(30-4)13-11-18/h6-13,17H,14-15H2,1-5H3,(H,23,27)/t17-/m0/s1. The van der Waals surface area contributed by atoms with E-state index >= 15 is 0 Å². The third-order valence-electron chi connectivity index (χ3n) is 4.99. The van der Waals surface area contributed by atoms with Gasteiger partial charge in [-0.1, -0.05) is 30.3 Å². The molecule has 0 unspecified atom stereocenters. The van der Waals surface area contributed by atoms with Gasteiger partial charge in [-0.05, 0) is 43.2 Å². The summed E-state index contributed by atoms with van der Waals surface area (Å²) in [5, 5.41) is 2.54. The van der Waals surface area contributed by atoms with Gasteiger partial charge in [-0.2, -0.15) is 0 Å². The van der Waals surface area contributed by atoms with Crippen LogP contribution in [0.1, 0.15) is 18.1 Å². The van der Waals surface area contributed by atoms with Gasteiger partial charge in [-0.15, -0.1) is 0 Å². The first-order chi connectivity index (χ1) is 14.6. The number of carbonyl (C=O) groups is 2. The quantitative estimate of drug-likeness (QED) is 0.634. The number of hydrogen-bond donors (Lipinski definition) is 1. The average Bonchev–Trinajstić information content (AvgIpc) is 2.74. The van der Waals surface area contributed by atoms with Crippen molar-refractivity contribution in [3.05, 3.63) is 59.7 Å². The van der Waals surface area contributed by atoms with Crippen LogP contribution in [0, 0.1) is 6.92 Å². The summed E-state index contributed by atoms with van der Waals surface area (Å²) >= 11 is 0. The van der Waals surface area contributed by atoms with Crippen LogP contribution in [0.5, 0.6) is 5.75 Å². The number of carbonyl (C=O) groups excluding carboxylic acids is 2. The summed E-state index contributed by atoms with van der Waals surface area (Å²) in [7, 11) is -0.683. The summed E-state index contributed by atoms with van der Waals surface area (Å²) in [4.78, 5) is 27.0. The van der Waals surface area contributed by atoms with Gasteiger partial charge in [0.1, 0.15) is 18.3 Å². The fourth-order valence-corrected chi connectivity index (χ4v) is 4.06. The predicted molar refractivity (Wildman–Crippen MR) is 120 cm³/mol. The van der Waals surface area contributed by atoms with Gasteiger partial charge in [0.15, 0.2) is 0 Å². The van der Waals surface area contributed by atoms with Crippen molar-refractivity contribution in [1.29, 1.82) is 0 Å². The Labute approximate surface area is 183 Å². The number of methoxy groups -OCH3 is 1. The summed E-state index contributed by atoms with van der Waals surface area (Å²) in [5.74, 6) is -0.159. The molecule has 0 fully saturated rings. The van der Waals surface area contributed by atoms with Crippen LogP contribution in [-0.2, 0) is 26.2 Å². The summed E-state index contributed by atoms with van der Waals surface area (Å²) in [6.45, 7) is 3.11. The molecule has 9 heteroatoms. The van der Waals surface area contributed by atoms with Crippen molar-refractivity contribution in [3.8, 4) is 5.75 Å². The molecule has 0 saturated carbocycles. The Morgan fingerprint density at radius 2 is 1.71 bits per heavy atom. The predicted octanol–water partition coefficient (Wildman–Crippen LogP) is 1.93. The van der Waals surface area contributed by atoms with Crippen LogP contribution >= 0.6 is 0 Å². The van der Waals surface area contributed by atoms with Crippen LogP contribution < -0.4 is 14.4 Å². The van der Waals surface area contributed by atoms with Gasteiger partial charge in [-0.25, -0.2) is 8.42 Å². The summed E-state index contributed by atoms with van der Waals surface area (Å²) < 4.78 is 31.2. The molecule has 1 N–H and O–H groups in total. The van der Waals surface area contributed by atoms with Gasteiger partial charge in [0.05, 0.1) is 19.1 Å². The number of likely N-dealkylation sites (N-methyl/N-ethyl adjacent to an activating group) is 1. The van der Waals surface area contributed by atoms with E-state index in [1.807, 2.05) is 0 Å². The summed E-state index contributed by atoms with van der Waals surface area (Å²) in [6, 6.07) is 13.3. The van der Waals surface area contributed by atoms with E-state index < -0.39 is 28.5 Å². The number of aryl methyl sites for hydroxylation is 1. The number of rotatable bonds is 9. The lowest BCUT2D eigenvalue weighted by Crippen LogP contribution is -2.50. The Morgan fingerprint density at radius 3 is 2.23 bits per heavy atom. The van der Waals surface area contributed by atoms with E-state index in [1.54, 1.807) is 69.5 Å². The second kappa shape index (κ2) is 10.3. The lowest BCUT2D eigenvalue weighted by Gasteiger charge is -2.31. The van der Waals surface area contributed by atoms with Crippen molar-refractivity contribution < 1.29 is 22.7 Å². The van der Waals surface area contributed by atoms with Crippen molar-refractivity contribution in [2.75, 3.05) is 31.3 Å². The third kappa shape index (κ3) is 6.21. The second-order valence-corrected chi connectivity index (χ2v) is 9.12. The van der Waals surface area contributed by atoms with Gasteiger partial charge in [0.2, 0.25) is 21.8 Å². The third-order valence-corrected chi connectivity index (χ3v) is 6.12. The maximum atomic E-state index is 13.3. The Bertz CT molecular complexity index is 1020. The molecule has 0 aliphatic rings.